The van der Waals surface area contributed by atoms with E-state index >= 15 is 0 Å². The molecule has 1 N–H and O–H groups in total. The molecule has 0 radical (unpaired) electrons. The van der Waals surface area contributed by atoms with Crippen LogP contribution in [0.5, 0.6) is 0 Å². The molecular weight excluding hydrogens is 312 g/mol. The highest BCUT2D eigenvalue weighted by molar-refractivity contribution is 9.11. The minimum Gasteiger partial charge on any atom is -0.339 e. The van der Waals surface area contributed by atoms with Crippen LogP contribution in [-0.2, 0) is 0 Å². The van der Waals surface area contributed by atoms with Gasteiger partial charge in [0.15, 0.2) is 0 Å². The van der Waals surface area contributed by atoms with E-state index in [0.717, 1.165) is 22.2 Å². The van der Waals surface area contributed by atoms with E-state index in [9.17, 15) is 4.79 Å². The van der Waals surface area contributed by atoms with Crippen molar-refractivity contribution in [3.05, 3.63) is 20.8 Å². The molecule has 98 valence electrons. The molecule has 0 aromatic carbocycles. The molecule has 2 aliphatic heterocycles. The molecule has 0 spiro atoms. The molecule has 2 aliphatic rings. The van der Waals surface area contributed by atoms with Crippen molar-refractivity contribution in [3.8, 4) is 0 Å². The number of fused-ring (bicyclic) bond motifs is 2. The molecule has 0 saturated carbocycles. The van der Waals surface area contributed by atoms with Gasteiger partial charge in [-0.2, -0.15) is 0 Å². The fourth-order valence-electron chi connectivity index (χ4n) is 3.14. The van der Waals surface area contributed by atoms with E-state index in [1.54, 1.807) is 11.3 Å². The van der Waals surface area contributed by atoms with Gasteiger partial charge in [0.25, 0.3) is 5.91 Å². The van der Waals surface area contributed by atoms with Gasteiger partial charge in [-0.1, -0.05) is 0 Å². The number of carbonyl (C=O) groups excluding carboxylic acids is 1. The third-order valence-electron chi connectivity index (χ3n) is 4.13. The Morgan fingerprint density at radius 2 is 2.11 bits per heavy atom. The lowest BCUT2D eigenvalue weighted by Crippen LogP contribution is -2.48. The molecule has 18 heavy (non-hydrogen) atoms. The van der Waals surface area contributed by atoms with Gasteiger partial charge in [0.2, 0.25) is 0 Å². The van der Waals surface area contributed by atoms with Crippen molar-refractivity contribution in [2.45, 2.75) is 43.8 Å². The van der Waals surface area contributed by atoms with Crippen LogP contribution in [0.1, 0.15) is 36.0 Å². The Kier molecular flexibility index (Phi) is 3.47. The average molecular weight is 329 g/mol. The summed E-state index contributed by atoms with van der Waals surface area (Å²) in [5.74, 6) is 0.156. The smallest absolute Gasteiger partial charge is 0.254 e. The number of nitrogens with zero attached hydrogens (tertiary/aromatic N) is 1. The van der Waals surface area contributed by atoms with Crippen LogP contribution >= 0.6 is 27.3 Å². The van der Waals surface area contributed by atoms with Crippen molar-refractivity contribution in [3.63, 3.8) is 0 Å². The van der Waals surface area contributed by atoms with Crippen LogP contribution in [0.15, 0.2) is 15.2 Å². The summed E-state index contributed by atoms with van der Waals surface area (Å²) in [7, 11) is 1.95. The zero-order valence-corrected chi connectivity index (χ0v) is 12.8. The van der Waals surface area contributed by atoms with Gasteiger partial charge in [0, 0.05) is 30.6 Å². The first-order valence-corrected chi connectivity index (χ1v) is 8.08. The van der Waals surface area contributed by atoms with Crippen molar-refractivity contribution < 1.29 is 4.79 Å². The summed E-state index contributed by atoms with van der Waals surface area (Å²) in [6.07, 6.45) is 4.74. The third kappa shape index (κ3) is 2.36. The number of thiophene rings is 1. The van der Waals surface area contributed by atoms with Gasteiger partial charge >= 0.3 is 0 Å². The van der Waals surface area contributed by atoms with E-state index in [1.807, 2.05) is 23.4 Å². The Balaban J connectivity index is 1.70. The number of carbonyl (C=O) groups is 1. The number of piperidine rings is 1. The summed E-state index contributed by atoms with van der Waals surface area (Å²) >= 11 is 4.98. The molecule has 3 nitrogen and oxygen atoms in total. The molecule has 0 aliphatic carbocycles. The maximum absolute atomic E-state index is 12.4. The van der Waals surface area contributed by atoms with Gasteiger partial charge < -0.3 is 10.2 Å². The van der Waals surface area contributed by atoms with Crippen LogP contribution in [0.3, 0.4) is 0 Å². The molecule has 1 aromatic rings. The molecule has 3 rings (SSSR count). The standard InChI is InChI=1S/C13H17BrN2OS/c1-16(13(17)8-4-12(14)18-7-8)11-5-9-2-3-10(6-11)15-9/h4,7,9-11,15H,2-3,5-6H2,1H3. The molecule has 2 atom stereocenters. The summed E-state index contributed by atoms with van der Waals surface area (Å²) in [5.41, 5.74) is 0.806. The zero-order chi connectivity index (χ0) is 12.7. The number of halogens is 1. The second-order valence-corrected chi connectivity index (χ2v) is 7.61. The first-order chi connectivity index (χ1) is 8.63. The normalized spacial score (nSPS) is 30.4. The monoisotopic (exact) mass is 328 g/mol. The predicted molar refractivity (Wildman–Crippen MR) is 77.1 cm³/mol. The van der Waals surface area contributed by atoms with Gasteiger partial charge in [-0.3, -0.25) is 4.79 Å². The molecule has 2 bridgehead atoms. The highest BCUT2D eigenvalue weighted by Crippen LogP contribution is 2.30. The molecule has 2 fully saturated rings. The second-order valence-electron chi connectivity index (χ2n) is 5.32. The summed E-state index contributed by atoms with van der Waals surface area (Å²) in [5, 5.41) is 5.54. The van der Waals surface area contributed by atoms with Crippen molar-refractivity contribution in [1.29, 1.82) is 0 Å². The number of hydrogen-bond acceptors (Lipinski definition) is 3. The number of amides is 1. The number of nitrogens with one attached hydrogen (secondary N) is 1. The minimum atomic E-state index is 0.156. The molecule has 3 heterocycles. The quantitative estimate of drug-likeness (QED) is 0.905. The average Bonchev–Trinajstić information content (AvgIpc) is 2.94. The van der Waals surface area contributed by atoms with Crippen LogP contribution in [0.4, 0.5) is 0 Å². The molecule has 2 unspecified atom stereocenters. The minimum absolute atomic E-state index is 0.156. The van der Waals surface area contributed by atoms with E-state index in [2.05, 4.69) is 21.2 Å². The summed E-state index contributed by atoms with van der Waals surface area (Å²) in [4.78, 5) is 14.3. The SMILES string of the molecule is CN(C(=O)c1csc(Br)c1)C1CC2CCC(C1)N2. The van der Waals surface area contributed by atoms with E-state index in [0.29, 0.717) is 18.1 Å². The van der Waals surface area contributed by atoms with E-state index in [1.165, 1.54) is 12.8 Å². The van der Waals surface area contributed by atoms with E-state index < -0.39 is 0 Å². The Morgan fingerprint density at radius 3 is 2.67 bits per heavy atom. The van der Waals surface area contributed by atoms with Crippen molar-refractivity contribution >= 4 is 33.2 Å². The lowest BCUT2D eigenvalue weighted by atomic mass is 9.98. The van der Waals surface area contributed by atoms with Crippen LogP contribution in [-0.4, -0.2) is 36.0 Å². The van der Waals surface area contributed by atoms with Crippen molar-refractivity contribution in [1.82, 2.24) is 10.2 Å². The van der Waals surface area contributed by atoms with E-state index in [4.69, 9.17) is 0 Å². The summed E-state index contributed by atoms with van der Waals surface area (Å²) < 4.78 is 1.02. The predicted octanol–water partition coefficient (Wildman–Crippen LogP) is 2.87. The summed E-state index contributed by atoms with van der Waals surface area (Å²) in [6, 6.07) is 3.56. The van der Waals surface area contributed by atoms with Crippen LogP contribution in [0.2, 0.25) is 0 Å². The number of hydrogen-bond donors (Lipinski definition) is 1. The van der Waals surface area contributed by atoms with Crippen LogP contribution in [0, 0.1) is 0 Å². The second kappa shape index (κ2) is 4.94. The van der Waals surface area contributed by atoms with Gasteiger partial charge in [0.1, 0.15) is 0 Å². The third-order valence-corrected chi connectivity index (χ3v) is 5.64. The molecule has 5 heteroatoms. The van der Waals surface area contributed by atoms with Crippen molar-refractivity contribution in [2.24, 2.45) is 0 Å². The topological polar surface area (TPSA) is 32.3 Å². The van der Waals surface area contributed by atoms with Gasteiger partial charge in [0.05, 0.1) is 9.35 Å². The maximum atomic E-state index is 12.4. The fraction of sp³-hybridized carbons (Fsp3) is 0.615. The summed E-state index contributed by atoms with van der Waals surface area (Å²) in [6.45, 7) is 0. The van der Waals surface area contributed by atoms with E-state index in [-0.39, 0.29) is 5.91 Å². The molecular formula is C13H17BrN2OS. The maximum Gasteiger partial charge on any atom is 0.254 e. The zero-order valence-electron chi connectivity index (χ0n) is 10.4. The van der Waals surface area contributed by atoms with Crippen molar-refractivity contribution in [2.75, 3.05) is 7.05 Å². The Labute approximate surface area is 120 Å². The lowest BCUT2D eigenvalue weighted by Gasteiger charge is -2.35. The first kappa shape index (κ1) is 12.6. The number of rotatable bonds is 2. The largest absolute Gasteiger partial charge is 0.339 e. The Hall–Kier alpha value is -0.390. The molecule has 1 amide bonds. The van der Waals surface area contributed by atoms with Crippen LogP contribution < -0.4 is 5.32 Å². The highest BCUT2D eigenvalue weighted by Gasteiger charge is 2.36. The lowest BCUT2D eigenvalue weighted by molar-refractivity contribution is 0.0682. The van der Waals surface area contributed by atoms with Gasteiger partial charge in [-0.15, -0.1) is 11.3 Å². The molecule has 2 saturated heterocycles. The van der Waals surface area contributed by atoms with Gasteiger partial charge in [-0.05, 0) is 47.7 Å². The highest BCUT2D eigenvalue weighted by atomic mass is 79.9. The Morgan fingerprint density at radius 1 is 1.44 bits per heavy atom. The van der Waals surface area contributed by atoms with Gasteiger partial charge in [-0.25, -0.2) is 0 Å². The van der Waals surface area contributed by atoms with Crippen LogP contribution in [0.25, 0.3) is 0 Å². The fourth-order valence-corrected chi connectivity index (χ4v) is 4.27. The first-order valence-electron chi connectivity index (χ1n) is 6.40. The molecule has 1 aromatic heterocycles. The Bertz CT molecular complexity index is 450.